The van der Waals surface area contributed by atoms with Crippen molar-refractivity contribution in [2.75, 3.05) is 6.54 Å². The molecule has 1 aromatic carbocycles. The third-order valence-corrected chi connectivity index (χ3v) is 4.44. The highest BCUT2D eigenvalue weighted by Gasteiger charge is 2.33. The zero-order valence-corrected chi connectivity index (χ0v) is 14.9. The number of nitrogens with one attached hydrogen (secondary N) is 2. The minimum atomic E-state index is -0.372. The van der Waals surface area contributed by atoms with Crippen LogP contribution in [0.3, 0.4) is 0 Å². The number of hydrogen-bond donors (Lipinski definition) is 3. The fraction of sp³-hybridized carbons (Fsp3) is 0.611. The molecular formula is C18H27ClN2O2. The molecule has 5 heteroatoms. The summed E-state index contributed by atoms with van der Waals surface area (Å²) in [4.78, 5) is 12.2. The van der Waals surface area contributed by atoms with Crippen molar-refractivity contribution in [3.8, 4) is 0 Å². The van der Waals surface area contributed by atoms with Crippen LogP contribution in [0.5, 0.6) is 0 Å². The van der Waals surface area contributed by atoms with E-state index in [1.165, 1.54) is 0 Å². The van der Waals surface area contributed by atoms with Gasteiger partial charge in [0.2, 0.25) is 0 Å². The van der Waals surface area contributed by atoms with Crippen LogP contribution in [0.1, 0.15) is 51.6 Å². The minimum Gasteiger partial charge on any atom is -0.393 e. The van der Waals surface area contributed by atoms with Crippen molar-refractivity contribution in [2.45, 2.75) is 52.2 Å². The molecule has 3 N–H and O–H groups in total. The van der Waals surface area contributed by atoms with Gasteiger partial charge < -0.3 is 15.7 Å². The van der Waals surface area contributed by atoms with Crippen molar-refractivity contribution in [3.63, 3.8) is 0 Å². The molecule has 23 heavy (non-hydrogen) atoms. The van der Waals surface area contributed by atoms with E-state index in [-0.39, 0.29) is 23.6 Å². The second-order valence-corrected chi connectivity index (χ2v) is 7.85. The zero-order valence-electron chi connectivity index (χ0n) is 14.1. The van der Waals surface area contributed by atoms with E-state index in [1.54, 1.807) is 6.92 Å². The maximum absolute atomic E-state index is 12.2. The largest absolute Gasteiger partial charge is 0.393 e. The maximum atomic E-state index is 12.2. The Morgan fingerprint density at radius 3 is 2.48 bits per heavy atom. The topological polar surface area (TPSA) is 61.4 Å². The molecule has 128 valence electrons. The zero-order chi connectivity index (χ0) is 17.0. The number of benzene rings is 1. The summed E-state index contributed by atoms with van der Waals surface area (Å²) < 4.78 is 0. The molecule has 1 aromatic rings. The Kier molecular flexibility index (Phi) is 5.93. The molecule has 0 aromatic heterocycles. The lowest BCUT2D eigenvalue weighted by Gasteiger charge is -2.27. The second kappa shape index (κ2) is 7.54. The number of hydrogen-bond acceptors (Lipinski definition) is 2. The van der Waals surface area contributed by atoms with Crippen LogP contribution in [0.2, 0.25) is 5.02 Å². The summed E-state index contributed by atoms with van der Waals surface area (Å²) in [5.41, 5.74) is 0.955. The average molecular weight is 339 g/mol. The number of aliphatic hydroxyl groups excluding tert-OH is 1. The van der Waals surface area contributed by atoms with Crippen LogP contribution in [0.25, 0.3) is 0 Å². The van der Waals surface area contributed by atoms with Gasteiger partial charge in [-0.3, -0.25) is 0 Å². The fourth-order valence-corrected chi connectivity index (χ4v) is 3.08. The number of carbonyl (C=O) groups excluding carboxylic acids is 1. The van der Waals surface area contributed by atoms with Gasteiger partial charge in [-0.2, -0.15) is 0 Å². The van der Waals surface area contributed by atoms with Crippen LogP contribution < -0.4 is 10.6 Å². The smallest absolute Gasteiger partial charge is 0.315 e. The third-order valence-electron chi connectivity index (χ3n) is 4.18. The van der Waals surface area contributed by atoms with Gasteiger partial charge in [-0.15, -0.1) is 0 Å². The fourth-order valence-electron chi connectivity index (χ4n) is 2.96. The van der Waals surface area contributed by atoms with Crippen LogP contribution in [0.15, 0.2) is 24.3 Å². The van der Waals surface area contributed by atoms with E-state index >= 15 is 0 Å². The molecule has 2 rings (SSSR count). The van der Waals surface area contributed by atoms with Crippen LogP contribution in [-0.2, 0) is 0 Å². The molecule has 0 aliphatic heterocycles. The Morgan fingerprint density at radius 2 is 1.96 bits per heavy atom. The molecule has 0 spiro atoms. The quantitative estimate of drug-likeness (QED) is 0.706. The van der Waals surface area contributed by atoms with Gasteiger partial charge >= 0.3 is 6.03 Å². The molecule has 2 atom stereocenters. The number of carbonyl (C=O) groups is 1. The van der Waals surface area contributed by atoms with E-state index in [2.05, 4.69) is 10.6 Å². The summed E-state index contributed by atoms with van der Waals surface area (Å²) in [6.45, 7) is 6.38. The van der Waals surface area contributed by atoms with Crippen molar-refractivity contribution >= 4 is 17.6 Å². The first-order chi connectivity index (χ1) is 10.8. The molecule has 2 amide bonds. The highest BCUT2D eigenvalue weighted by molar-refractivity contribution is 6.30. The van der Waals surface area contributed by atoms with Gasteiger partial charge in [0.15, 0.2) is 0 Å². The lowest BCUT2D eigenvalue weighted by atomic mass is 9.87. The van der Waals surface area contributed by atoms with E-state index in [1.807, 2.05) is 38.1 Å². The lowest BCUT2D eigenvalue weighted by molar-refractivity contribution is 0.128. The van der Waals surface area contributed by atoms with Gasteiger partial charge in [-0.1, -0.05) is 37.6 Å². The van der Waals surface area contributed by atoms with Gasteiger partial charge in [0, 0.05) is 11.6 Å². The van der Waals surface area contributed by atoms with Crippen LogP contribution in [0, 0.1) is 11.3 Å². The molecule has 1 saturated carbocycles. The summed E-state index contributed by atoms with van der Waals surface area (Å²) in [5, 5.41) is 16.2. The highest BCUT2D eigenvalue weighted by atomic mass is 35.5. The van der Waals surface area contributed by atoms with Crippen molar-refractivity contribution in [1.82, 2.24) is 10.6 Å². The van der Waals surface area contributed by atoms with Gasteiger partial charge in [-0.25, -0.2) is 4.79 Å². The summed E-state index contributed by atoms with van der Waals surface area (Å²) in [6.07, 6.45) is 2.56. The van der Waals surface area contributed by atoms with E-state index in [9.17, 15) is 9.90 Å². The van der Waals surface area contributed by atoms with E-state index < -0.39 is 0 Å². The van der Waals surface area contributed by atoms with Crippen molar-refractivity contribution in [1.29, 1.82) is 0 Å². The maximum Gasteiger partial charge on any atom is 0.315 e. The minimum absolute atomic E-state index is 0.0344. The average Bonchev–Trinajstić information content (AvgIpc) is 3.27. The summed E-state index contributed by atoms with van der Waals surface area (Å²) in [6, 6.07) is 7.55. The van der Waals surface area contributed by atoms with Gasteiger partial charge in [0.1, 0.15) is 0 Å². The monoisotopic (exact) mass is 338 g/mol. The SMILES string of the molecule is CC(O)CC(C)(C)CNC(=O)NC(c1ccc(Cl)cc1)C1CC1. The van der Waals surface area contributed by atoms with Gasteiger partial charge in [-0.05, 0) is 55.2 Å². The summed E-state index contributed by atoms with van der Waals surface area (Å²) in [5.74, 6) is 0.507. The van der Waals surface area contributed by atoms with Crippen LogP contribution >= 0.6 is 11.6 Å². The number of rotatable bonds is 7. The molecule has 1 aliphatic carbocycles. The van der Waals surface area contributed by atoms with Gasteiger partial charge in [0.25, 0.3) is 0 Å². The molecule has 1 aliphatic rings. The van der Waals surface area contributed by atoms with Crippen LogP contribution in [0.4, 0.5) is 4.79 Å². The molecule has 1 fully saturated rings. The number of urea groups is 1. The van der Waals surface area contributed by atoms with Crippen LogP contribution in [-0.4, -0.2) is 23.8 Å². The van der Waals surface area contributed by atoms with E-state index in [0.717, 1.165) is 18.4 Å². The molecule has 2 unspecified atom stereocenters. The van der Waals surface area contributed by atoms with E-state index in [0.29, 0.717) is 23.9 Å². The summed E-state index contributed by atoms with van der Waals surface area (Å²) in [7, 11) is 0. The first kappa shape index (κ1) is 18.1. The van der Waals surface area contributed by atoms with E-state index in [4.69, 9.17) is 11.6 Å². The summed E-state index contributed by atoms with van der Waals surface area (Å²) >= 11 is 5.94. The molecule has 0 radical (unpaired) electrons. The molecule has 0 saturated heterocycles. The predicted molar refractivity (Wildman–Crippen MR) is 93.5 cm³/mol. The van der Waals surface area contributed by atoms with Crippen molar-refractivity contribution in [2.24, 2.45) is 11.3 Å². The Morgan fingerprint density at radius 1 is 1.35 bits per heavy atom. The molecule has 0 bridgehead atoms. The number of amides is 2. The molecular weight excluding hydrogens is 312 g/mol. The number of aliphatic hydroxyl groups is 1. The first-order valence-corrected chi connectivity index (χ1v) is 8.62. The molecule has 0 heterocycles. The third kappa shape index (κ3) is 6.04. The molecule has 4 nitrogen and oxygen atoms in total. The lowest BCUT2D eigenvalue weighted by Crippen LogP contribution is -2.43. The Bertz CT molecular complexity index is 524. The Labute approximate surface area is 143 Å². The standard InChI is InChI=1S/C18H27ClN2O2/c1-12(22)10-18(2,3)11-20-17(23)21-16(13-4-5-13)14-6-8-15(19)9-7-14/h6-9,12-13,16,22H,4-5,10-11H2,1-3H3,(H2,20,21,23). The normalized spacial score (nSPS) is 17.4. The predicted octanol–water partition coefficient (Wildman–Crippen LogP) is 3.89. The Hall–Kier alpha value is -1.26. The first-order valence-electron chi connectivity index (χ1n) is 8.25. The van der Waals surface area contributed by atoms with Crippen molar-refractivity contribution in [3.05, 3.63) is 34.9 Å². The second-order valence-electron chi connectivity index (χ2n) is 7.41. The number of halogens is 1. The Balaban J connectivity index is 1.90. The highest BCUT2D eigenvalue weighted by Crippen LogP contribution is 2.41. The van der Waals surface area contributed by atoms with Gasteiger partial charge in [0.05, 0.1) is 12.1 Å². The van der Waals surface area contributed by atoms with Crippen molar-refractivity contribution < 1.29 is 9.90 Å².